The molecular weight excluding hydrogens is 609 g/mol. The first kappa shape index (κ1) is 38.3. The molecule has 5 nitrogen and oxygen atoms in total. The summed E-state index contributed by atoms with van der Waals surface area (Å²) >= 11 is 3.33. The lowest BCUT2D eigenvalue weighted by molar-refractivity contribution is -0.137. The van der Waals surface area contributed by atoms with Crippen LogP contribution in [0.3, 0.4) is 0 Å². The molecule has 0 radical (unpaired) electrons. The second-order valence-electron chi connectivity index (χ2n) is 14.9. The Morgan fingerprint density at radius 3 is 2.16 bits per heavy atom. The van der Waals surface area contributed by atoms with Crippen molar-refractivity contribution in [3.8, 4) is 0 Å². The maximum atomic E-state index is 13.5. The highest BCUT2D eigenvalue weighted by Crippen LogP contribution is 2.44. The average molecular weight is 667 g/mol. The van der Waals surface area contributed by atoms with Crippen LogP contribution in [0.4, 0.5) is 0 Å². The first-order valence-electron chi connectivity index (χ1n) is 15.7. The van der Waals surface area contributed by atoms with Gasteiger partial charge in [0.1, 0.15) is 5.78 Å². The van der Waals surface area contributed by atoms with E-state index in [0.717, 1.165) is 17.9 Å². The van der Waals surface area contributed by atoms with Crippen molar-refractivity contribution in [1.82, 2.24) is 0 Å². The van der Waals surface area contributed by atoms with E-state index < -0.39 is 16.6 Å². The van der Waals surface area contributed by atoms with Crippen molar-refractivity contribution in [2.75, 3.05) is 24.4 Å². The summed E-state index contributed by atoms with van der Waals surface area (Å²) in [5.41, 5.74) is 1.25. The van der Waals surface area contributed by atoms with E-state index in [1.54, 1.807) is 23.5 Å². The number of esters is 1. The summed E-state index contributed by atoms with van der Waals surface area (Å²) in [5, 5.41) is -0.00334. The third kappa shape index (κ3) is 11.2. The van der Waals surface area contributed by atoms with E-state index in [9.17, 15) is 9.59 Å². The molecule has 1 fully saturated rings. The molecule has 5 atom stereocenters. The zero-order valence-electron chi connectivity index (χ0n) is 28.8. The van der Waals surface area contributed by atoms with Gasteiger partial charge in [-0.3, -0.25) is 9.59 Å². The van der Waals surface area contributed by atoms with Gasteiger partial charge in [0.15, 0.2) is 16.6 Å². The summed E-state index contributed by atoms with van der Waals surface area (Å²) in [6.45, 7) is 25.0. The number of carbonyl (C=O) groups excluding carboxylic acids is 2. The van der Waals surface area contributed by atoms with Crippen LogP contribution in [0.25, 0.3) is 0 Å². The van der Waals surface area contributed by atoms with Gasteiger partial charge in [0, 0.05) is 18.3 Å². The van der Waals surface area contributed by atoms with Crippen LogP contribution < -0.4 is 0 Å². The maximum absolute atomic E-state index is 13.5. The Morgan fingerprint density at radius 1 is 1.00 bits per heavy atom. The Morgan fingerprint density at radius 2 is 1.60 bits per heavy atom. The number of rotatable bonds is 15. The SMILES string of the molecule is COC(=O)CSCCCS[C@H]1C(=O)C[C@@H](O[Si](C)(C)C(C)(C)C)[C@@H]1C=CC(O[Si](C)(C)C(C)(C)C)C(C)c1ccccc1. The number of ketones is 1. The normalized spacial score (nSPS) is 21.8. The first-order valence-corrected chi connectivity index (χ1v) is 23.7. The minimum Gasteiger partial charge on any atom is -0.468 e. The minimum atomic E-state index is -2.09. The van der Waals surface area contributed by atoms with Crippen LogP contribution in [-0.4, -0.2) is 70.2 Å². The van der Waals surface area contributed by atoms with Crippen molar-refractivity contribution in [3.05, 3.63) is 48.0 Å². The number of thioether (sulfide) groups is 2. The monoisotopic (exact) mass is 666 g/mol. The lowest BCUT2D eigenvalue weighted by Crippen LogP contribution is -2.45. The number of methoxy groups -OCH3 is 1. The van der Waals surface area contributed by atoms with Crippen LogP contribution in [0.1, 0.15) is 72.8 Å². The second kappa shape index (κ2) is 16.1. The average Bonchev–Trinajstić information content (AvgIpc) is 3.19. The highest BCUT2D eigenvalue weighted by Gasteiger charge is 2.47. The Balaban J connectivity index is 2.36. The molecule has 1 saturated carbocycles. The highest BCUT2D eigenvalue weighted by molar-refractivity contribution is 8.01. The lowest BCUT2D eigenvalue weighted by Gasteiger charge is -2.41. The molecule has 0 amide bonds. The number of Topliss-reactive ketones (excluding diaryl/α,β-unsaturated/α-hetero) is 1. The van der Waals surface area contributed by atoms with Crippen LogP contribution in [0.5, 0.6) is 0 Å². The lowest BCUT2D eigenvalue weighted by atomic mass is 9.94. The van der Waals surface area contributed by atoms with Crippen LogP contribution >= 0.6 is 23.5 Å². The van der Waals surface area contributed by atoms with Crippen molar-refractivity contribution in [2.45, 2.75) is 121 Å². The molecule has 0 heterocycles. The number of hydrogen-bond acceptors (Lipinski definition) is 7. The van der Waals surface area contributed by atoms with Crippen molar-refractivity contribution >= 4 is 51.9 Å². The van der Waals surface area contributed by atoms with Gasteiger partial charge in [-0.15, -0.1) is 11.8 Å². The maximum Gasteiger partial charge on any atom is 0.315 e. The fourth-order valence-corrected chi connectivity index (χ4v) is 9.52. The van der Waals surface area contributed by atoms with Crippen molar-refractivity contribution in [2.24, 2.45) is 5.92 Å². The van der Waals surface area contributed by atoms with E-state index in [1.807, 2.05) is 0 Å². The molecule has 0 aliphatic heterocycles. The summed E-state index contributed by atoms with van der Waals surface area (Å²) in [5.74, 6) is 2.34. The molecule has 0 spiro atoms. The summed E-state index contributed by atoms with van der Waals surface area (Å²) in [4.78, 5) is 25.0. The van der Waals surface area contributed by atoms with Gasteiger partial charge >= 0.3 is 5.97 Å². The molecule has 0 aromatic heterocycles. The van der Waals surface area contributed by atoms with Gasteiger partial charge in [-0.2, -0.15) is 11.8 Å². The van der Waals surface area contributed by atoms with E-state index in [0.29, 0.717) is 12.2 Å². The van der Waals surface area contributed by atoms with Crippen LogP contribution in [0.2, 0.25) is 36.3 Å². The van der Waals surface area contributed by atoms with Gasteiger partial charge < -0.3 is 13.6 Å². The van der Waals surface area contributed by atoms with Gasteiger partial charge in [0.05, 0.1) is 30.3 Å². The molecule has 0 saturated heterocycles. The predicted octanol–water partition coefficient (Wildman–Crippen LogP) is 9.11. The van der Waals surface area contributed by atoms with Crippen LogP contribution in [0.15, 0.2) is 42.5 Å². The second-order valence-corrected chi connectivity index (χ2v) is 26.7. The Bertz CT molecular complexity index is 1060. The van der Waals surface area contributed by atoms with Crippen molar-refractivity contribution in [1.29, 1.82) is 0 Å². The van der Waals surface area contributed by atoms with Gasteiger partial charge in [-0.1, -0.05) is 91.0 Å². The molecule has 1 aliphatic rings. The van der Waals surface area contributed by atoms with E-state index in [2.05, 4.69) is 117 Å². The Labute approximate surface area is 273 Å². The number of benzene rings is 1. The summed E-state index contributed by atoms with van der Waals surface area (Å²) in [6, 6.07) is 10.6. The smallest absolute Gasteiger partial charge is 0.315 e. The molecule has 9 heteroatoms. The zero-order chi connectivity index (χ0) is 32.6. The fraction of sp³-hybridized carbons (Fsp3) is 0.706. The number of carbonyl (C=O) groups is 2. The quantitative estimate of drug-likeness (QED) is 0.0801. The van der Waals surface area contributed by atoms with E-state index in [4.69, 9.17) is 13.6 Å². The zero-order valence-corrected chi connectivity index (χ0v) is 32.5. The van der Waals surface area contributed by atoms with E-state index >= 15 is 0 Å². The third-order valence-corrected chi connectivity index (χ3v) is 21.0. The Hall–Kier alpha value is -0.846. The molecule has 2 unspecified atom stereocenters. The predicted molar refractivity (Wildman–Crippen MR) is 191 cm³/mol. The van der Waals surface area contributed by atoms with Gasteiger partial charge in [-0.25, -0.2) is 0 Å². The topological polar surface area (TPSA) is 61.8 Å². The molecular formula is C34H58O5S2Si2. The molecule has 1 aliphatic carbocycles. The summed E-state index contributed by atoms with van der Waals surface area (Å²) < 4.78 is 18.8. The molecule has 1 aromatic carbocycles. The molecule has 0 bridgehead atoms. The molecule has 2 rings (SSSR count). The van der Waals surface area contributed by atoms with Crippen LogP contribution in [0, 0.1) is 5.92 Å². The molecule has 244 valence electrons. The van der Waals surface area contributed by atoms with E-state index in [-0.39, 0.29) is 51.1 Å². The van der Waals surface area contributed by atoms with Gasteiger partial charge in [0.2, 0.25) is 0 Å². The summed E-state index contributed by atoms with van der Waals surface area (Å²) in [6.07, 6.45) is 5.68. The molecule has 43 heavy (non-hydrogen) atoms. The summed E-state index contributed by atoms with van der Waals surface area (Å²) in [7, 11) is -2.75. The molecule has 0 N–H and O–H groups in total. The third-order valence-electron chi connectivity index (χ3n) is 9.51. The standard InChI is InChI=1S/C34H58O5S2Si2/c1-25(26-17-14-13-15-18-26)29(38-42(9,10)33(2,3)4)20-19-27-30(39-43(11,12)34(5,6)7)23-28(35)32(27)41-22-16-21-40-24-31(36)37-8/h13-15,17-20,25,27,29-30,32H,16,21-24H2,1-12H3/t25?,27-,29?,30+,32+/m0/s1. The van der Waals surface area contributed by atoms with E-state index in [1.165, 1.54) is 12.7 Å². The highest BCUT2D eigenvalue weighted by atomic mass is 32.2. The Kier molecular flexibility index (Phi) is 14.4. The van der Waals surface area contributed by atoms with Crippen molar-refractivity contribution < 1.29 is 23.2 Å². The molecule has 1 aromatic rings. The first-order chi connectivity index (χ1) is 19.8. The number of ether oxygens (including phenoxy) is 1. The van der Waals surface area contributed by atoms with Crippen molar-refractivity contribution in [3.63, 3.8) is 0 Å². The van der Waals surface area contributed by atoms with Gasteiger partial charge in [0.25, 0.3) is 0 Å². The largest absolute Gasteiger partial charge is 0.468 e. The van der Waals surface area contributed by atoms with Crippen LogP contribution in [-0.2, 0) is 23.2 Å². The fourth-order valence-electron chi connectivity index (χ4n) is 4.56. The minimum absolute atomic E-state index is 0.0113. The number of hydrogen-bond donors (Lipinski definition) is 0. The van der Waals surface area contributed by atoms with Gasteiger partial charge in [-0.05, 0) is 59.8 Å².